The third-order valence-electron chi connectivity index (χ3n) is 4.79. The van der Waals surface area contributed by atoms with Crippen molar-refractivity contribution in [2.45, 2.75) is 52.7 Å². The molecular weight excluding hydrogens is 354 g/mol. The van der Waals surface area contributed by atoms with Crippen molar-refractivity contribution < 1.29 is 19.1 Å². The van der Waals surface area contributed by atoms with Gasteiger partial charge in [-0.1, -0.05) is 17.7 Å². The first-order valence-electron chi connectivity index (χ1n) is 9.60. The maximum atomic E-state index is 12.8. The van der Waals surface area contributed by atoms with Crippen LogP contribution >= 0.6 is 0 Å². The van der Waals surface area contributed by atoms with Crippen molar-refractivity contribution in [1.82, 2.24) is 5.32 Å². The van der Waals surface area contributed by atoms with E-state index in [2.05, 4.69) is 5.32 Å². The normalized spacial score (nSPS) is 16.0. The number of aryl methyl sites for hydroxylation is 1. The van der Waals surface area contributed by atoms with Crippen LogP contribution in [0.1, 0.15) is 72.0 Å². The monoisotopic (exact) mass is 381 g/mol. The van der Waals surface area contributed by atoms with Crippen LogP contribution in [-0.4, -0.2) is 23.9 Å². The highest BCUT2D eigenvalue weighted by Gasteiger charge is 2.33. The lowest BCUT2D eigenvalue weighted by Gasteiger charge is -2.31. The molecule has 28 heavy (non-hydrogen) atoms. The number of ketones is 1. The Hall–Kier alpha value is -2.82. The molecule has 0 saturated heterocycles. The first-order chi connectivity index (χ1) is 13.2. The number of benzene rings is 2. The van der Waals surface area contributed by atoms with Gasteiger partial charge in [-0.2, -0.15) is 0 Å². The molecule has 1 unspecified atom stereocenters. The molecule has 1 heterocycles. The van der Waals surface area contributed by atoms with Gasteiger partial charge in [0.15, 0.2) is 5.78 Å². The number of amides is 1. The number of rotatable bonds is 5. The minimum absolute atomic E-state index is 0.00809. The van der Waals surface area contributed by atoms with Gasteiger partial charge in [0.2, 0.25) is 0 Å². The number of hydrogen-bond donors (Lipinski definition) is 1. The van der Waals surface area contributed by atoms with Crippen LogP contribution in [0.4, 0.5) is 0 Å². The number of carbonyl (C=O) groups excluding carboxylic acids is 2. The lowest BCUT2D eigenvalue weighted by atomic mass is 9.92. The quantitative estimate of drug-likeness (QED) is 0.820. The maximum Gasteiger partial charge on any atom is 0.251 e. The zero-order chi connectivity index (χ0) is 20.5. The van der Waals surface area contributed by atoms with Gasteiger partial charge in [-0.05, 0) is 58.9 Å². The Labute approximate surface area is 166 Å². The van der Waals surface area contributed by atoms with Crippen LogP contribution in [0.25, 0.3) is 0 Å². The minimum atomic E-state index is -0.525. The predicted octanol–water partition coefficient (Wildman–Crippen LogP) is 4.63. The molecule has 1 N–H and O–H groups in total. The third kappa shape index (κ3) is 4.19. The van der Waals surface area contributed by atoms with E-state index in [1.807, 2.05) is 52.8 Å². The molecule has 0 fully saturated rings. The molecule has 5 nitrogen and oxygen atoms in total. The lowest BCUT2D eigenvalue weighted by Crippen LogP contribution is -2.36. The molecule has 1 amide bonds. The Kier molecular flexibility index (Phi) is 5.45. The van der Waals surface area contributed by atoms with Crippen LogP contribution in [0, 0.1) is 6.92 Å². The Morgan fingerprint density at radius 1 is 1.25 bits per heavy atom. The molecule has 1 aliphatic rings. The van der Waals surface area contributed by atoms with Crippen molar-refractivity contribution >= 4 is 11.7 Å². The number of hydrogen-bond acceptors (Lipinski definition) is 4. The molecule has 0 aromatic heterocycles. The molecule has 0 spiro atoms. The molecular formula is C23H27NO4. The van der Waals surface area contributed by atoms with Gasteiger partial charge in [0.25, 0.3) is 5.91 Å². The summed E-state index contributed by atoms with van der Waals surface area (Å²) in [6, 6.07) is 10.7. The summed E-state index contributed by atoms with van der Waals surface area (Å²) in [6.45, 7) is 10.2. The molecule has 5 heteroatoms. The fraction of sp³-hybridized carbons (Fsp3) is 0.391. The summed E-state index contributed by atoms with van der Waals surface area (Å²) < 4.78 is 11.6. The molecule has 1 aliphatic heterocycles. The summed E-state index contributed by atoms with van der Waals surface area (Å²) in [7, 11) is 0. The van der Waals surface area contributed by atoms with Crippen LogP contribution < -0.4 is 14.8 Å². The van der Waals surface area contributed by atoms with Crippen LogP contribution in [0.3, 0.4) is 0 Å². The first-order valence-corrected chi connectivity index (χ1v) is 9.60. The zero-order valence-electron chi connectivity index (χ0n) is 17.1. The molecule has 0 bridgehead atoms. The van der Waals surface area contributed by atoms with Gasteiger partial charge in [-0.3, -0.25) is 9.59 Å². The van der Waals surface area contributed by atoms with Crippen molar-refractivity contribution in [2.24, 2.45) is 0 Å². The van der Waals surface area contributed by atoms with Crippen molar-refractivity contribution in [3.05, 3.63) is 58.7 Å². The second kappa shape index (κ2) is 7.66. The molecule has 148 valence electrons. The average Bonchev–Trinajstić information content (AvgIpc) is 2.62. The van der Waals surface area contributed by atoms with Crippen LogP contribution in [0.2, 0.25) is 0 Å². The number of Topliss-reactive ketones (excluding diaryl/α,β-unsaturated/α-hetero) is 1. The summed E-state index contributed by atoms with van der Waals surface area (Å²) in [4.78, 5) is 25.2. The second-order valence-electron chi connectivity index (χ2n) is 7.84. The van der Waals surface area contributed by atoms with Gasteiger partial charge in [0.1, 0.15) is 17.1 Å². The van der Waals surface area contributed by atoms with Crippen molar-refractivity contribution in [3.63, 3.8) is 0 Å². The van der Waals surface area contributed by atoms with E-state index in [0.29, 0.717) is 29.9 Å². The van der Waals surface area contributed by atoms with Crippen LogP contribution in [-0.2, 0) is 0 Å². The van der Waals surface area contributed by atoms with E-state index in [-0.39, 0.29) is 17.7 Å². The fourth-order valence-electron chi connectivity index (χ4n) is 3.44. The van der Waals surface area contributed by atoms with Crippen LogP contribution in [0.15, 0.2) is 36.4 Å². The summed E-state index contributed by atoms with van der Waals surface area (Å²) in [5.41, 5.74) is 2.40. The standard InChI is InChI=1S/C23H27NO4/c1-6-27-20-9-7-14(2)11-17(20)15(3)24-22(26)16-8-10-21-18(12-16)19(25)13-23(4,5)28-21/h7-12,15H,6,13H2,1-5H3,(H,24,26). The van der Waals surface area contributed by atoms with Gasteiger partial charge in [-0.15, -0.1) is 0 Å². The molecule has 2 aromatic rings. The first kappa shape index (κ1) is 19.9. The number of ether oxygens (including phenoxy) is 2. The predicted molar refractivity (Wildman–Crippen MR) is 108 cm³/mol. The zero-order valence-corrected chi connectivity index (χ0v) is 17.1. The number of nitrogens with one attached hydrogen (secondary N) is 1. The average molecular weight is 381 g/mol. The molecule has 1 atom stereocenters. The third-order valence-corrected chi connectivity index (χ3v) is 4.79. The lowest BCUT2D eigenvalue weighted by molar-refractivity contribution is 0.0620. The largest absolute Gasteiger partial charge is 0.494 e. The van der Waals surface area contributed by atoms with Crippen molar-refractivity contribution in [1.29, 1.82) is 0 Å². The summed E-state index contributed by atoms with van der Waals surface area (Å²) in [5, 5.41) is 3.01. The summed E-state index contributed by atoms with van der Waals surface area (Å²) >= 11 is 0. The highest BCUT2D eigenvalue weighted by Crippen LogP contribution is 2.34. The summed E-state index contributed by atoms with van der Waals surface area (Å²) in [5.74, 6) is 1.04. The van der Waals surface area contributed by atoms with E-state index in [9.17, 15) is 9.59 Å². The van der Waals surface area contributed by atoms with Crippen molar-refractivity contribution in [2.75, 3.05) is 6.61 Å². The van der Waals surface area contributed by atoms with Gasteiger partial charge >= 0.3 is 0 Å². The van der Waals surface area contributed by atoms with E-state index in [4.69, 9.17) is 9.47 Å². The van der Waals surface area contributed by atoms with Crippen LogP contribution in [0.5, 0.6) is 11.5 Å². The smallest absolute Gasteiger partial charge is 0.251 e. The Morgan fingerprint density at radius 3 is 2.71 bits per heavy atom. The Balaban J connectivity index is 1.82. The van der Waals surface area contributed by atoms with E-state index in [1.54, 1.807) is 18.2 Å². The molecule has 0 radical (unpaired) electrons. The fourth-order valence-corrected chi connectivity index (χ4v) is 3.44. The van der Waals surface area contributed by atoms with Crippen molar-refractivity contribution in [3.8, 4) is 11.5 Å². The number of fused-ring (bicyclic) bond motifs is 1. The van der Waals surface area contributed by atoms with Gasteiger partial charge < -0.3 is 14.8 Å². The molecule has 0 aliphatic carbocycles. The molecule has 2 aromatic carbocycles. The van der Waals surface area contributed by atoms with E-state index < -0.39 is 5.60 Å². The van der Waals surface area contributed by atoms with Gasteiger partial charge in [-0.25, -0.2) is 0 Å². The molecule has 3 rings (SSSR count). The number of carbonyl (C=O) groups is 2. The topological polar surface area (TPSA) is 64.6 Å². The Morgan fingerprint density at radius 2 is 2.00 bits per heavy atom. The Bertz CT molecular complexity index is 917. The van der Waals surface area contributed by atoms with Gasteiger partial charge in [0, 0.05) is 11.1 Å². The van der Waals surface area contributed by atoms with E-state index in [0.717, 1.165) is 16.9 Å². The maximum absolute atomic E-state index is 12.8. The molecule has 0 saturated carbocycles. The highest BCUT2D eigenvalue weighted by atomic mass is 16.5. The van der Waals surface area contributed by atoms with E-state index in [1.165, 1.54) is 0 Å². The minimum Gasteiger partial charge on any atom is -0.494 e. The second-order valence-corrected chi connectivity index (χ2v) is 7.84. The van der Waals surface area contributed by atoms with Gasteiger partial charge in [0.05, 0.1) is 24.6 Å². The van der Waals surface area contributed by atoms with E-state index >= 15 is 0 Å². The SMILES string of the molecule is CCOc1ccc(C)cc1C(C)NC(=O)c1ccc2c(c1)C(=O)CC(C)(C)O2. The highest BCUT2D eigenvalue weighted by molar-refractivity contribution is 6.03. The summed E-state index contributed by atoms with van der Waals surface area (Å²) in [6.07, 6.45) is 0.294.